The quantitative estimate of drug-likeness (QED) is 0.376. The highest BCUT2D eigenvalue weighted by Gasteiger charge is 2.49. The van der Waals surface area contributed by atoms with Crippen molar-refractivity contribution in [2.24, 2.45) is 0 Å². The van der Waals surface area contributed by atoms with Crippen molar-refractivity contribution in [1.29, 1.82) is 0 Å². The summed E-state index contributed by atoms with van der Waals surface area (Å²) in [6.07, 6.45) is 1.45. The molecule has 1 amide bonds. The van der Waals surface area contributed by atoms with Gasteiger partial charge in [-0.05, 0) is 57.2 Å². The number of hydrogen-bond donors (Lipinski definition) is 1. The van der Waals surface area contributed by atoms with E-state index in [-0.39, 0.29) is 22.6 Å². The van der Waals surface area contributed by atoms with Crippen LogP contribution in [0.3, 0.4) is 0 Å². The molecule has 0 saturated carbocycles. The average Bonchev–Trinajstić information content (AvgIpc) is 3.43. The monoisotopic (exact) mass is 425 g/mol. The maximum Gasteiger partial charge on any atom is 0.302 e. The van der Waals surface area contributed by atoms with Crippen LogP contribution in [0.2, 0.25) is 0 Å². The van der Waals surface area contributed by atoms with Crippen LogP contribution in [0.15, 0.2) is 52.7 Å². The minimum absolute atomic E-state index is 0.00378. The van der Waals surface area contributed by atoms with Gasteiger partial charge in [0.1, 0.15) is 28.3 Å². The SMILES string of the molecule is Cc1nnc(N2C(=O)C(=O)/C(=C(\O)c3ccc(OC(C)C)cc3)C2c2ccco2)s1. The van der Waals surface area contributed by atoms with Crippen molar-refractivity contribution < 1.29 is 23.8 Å². The largest absolute Gasteiger partial charge is 0.507 e. The first-order chi connectivity index (χ1) is 14.4. The van der Waals surface area contributed by atoms with Gasteiger partial charge in [0.05, 0.1) is 17.9 Å². The minimum atomic E-state index is -0.945. The van der Waals surface area contributed by atoms with Gasteiger partial charge in [-0.25, -0.2) is 0 Å². The van der Waals surface area contributed by atoms with Gasteiger partial charge in [-0.2, -0.15) is 0 Å². The van der Waals surface area contributed by atoms with Gasteiger partial charge in [-0.15, -0.1) is 10.2 Å². The number of amides is 1. The smallest absolute Gasteiger partial charge is 0.302 e. The number of anilines is 1. The van der Waals surface area contributed by atoms with Crippen molar-refractivity contribution >= 4 is 33.9 Å². The Morgan fingerprint density at radius 2 is 1.93 bits per heavy atom. The van der Waals surface area contributed by atoms with Gasteiger partial charge in [0, 0.05) is 5.56 Å². The van der Waals surface area contributed by atoms with Gasteiger partial charge in [0.15, 0.2) is 0 Å². The molecule has 4 rings (SSSR count). The summed E-state index contributed by atoms with van der Waals surface area (Å²) >= 11 is 1.18. The summed E-state index contributed by atoms with van der Waals surface area (Å²) in [5.41, 5.74) is 0.314. The Bertz CT molecular complexity index is 1120. The summed E-state index contributed by atoms with van der Waals surface area (Å²) in [6, 6.07) is 9.01. The molecule has 1 saturated heterocycles. The van der Waals surface area contributed by atoms with Crippen LogP contribution in [0.4, 0.5) is 5.13 Å². The number of nitrogens with zero attached hydrogens (tertiary/aromatic N) is 3. The van der Waals surface area contributed by atoms with Crippen molar-refractivity contribution in [1.82, 2.24) is 10.2 Å². The Hall–Kier alpha value is -3.46. The molecule has 3 aromatic rings. The van der Waals surface area contributed by atoms with Crippen molar-refractivity contribution in [3.8, 4) is 5.75 Å². The van der Waals surface area contributed by atoms with E-state index in [9.17, 15) is 14.7 Å². The lowest BCUT2D eigenvalue weighted by atomic mass is 9.99. The highest BCUT2D eigenvalue weighted by molar-refractivity contribution is 7.15. The number of hydrogen-bond acceptors (Lipinski definition) is 8. The zero-order valence-corrected chi connectivity index (χ0v) is 17.3. The van der Waals surface area contributed by atoms with Gasteiger partial charge in [-0.3, -0.25) is 14.5 Å². The number of rotatable bonds is 5. The Kier molecular flexibility index (Phi) is 5.13. The number of aliphatic hydroxyl groups excluding tert-OH is 1. The molecule has 2 aromatic heterocycles. The van der Waals surface area contributed by atoms with Crippen molar-refractivity contribution in [3.63, 3.8) is 0 Å². The van der Waals surface area contributed by atoms with E-state index in [0.717, 1.165) is 0 Å². The highest BCUT2D eigenvalue weighted by atomic mass is 32.1. The molecule has 1 atom stereocenters. The van der Waals surface area contributed by atoms with Crippen LogP contribution in [0, 0.1) is 6.92 Å². The highest BCUT2D eigenvalue weighted by Crippen LogP contribution is 2.43. The van der Waals surface area contributed by atoms with E-state index in [1.165, 1.54) is 22.5 Å². The van der Waals surface area contributed by atoms with Gasteiger partial charge in [0.25, 0.3) is 5.78 Å². The lowest BCUT2D eigenvalue weighted by molar-refractivity contribution is -0.132. The lowest BCUT2D eigenvalue weighted by Gasteiger charge is -2.20. The van der Waals surface area contributed by atoms with Crippen molar-refractivity contribution in [2.75, 3.05) is 4.90 Å². The Morgan fingerprint density at radius 1 is 1.20 bits per heavy atom. The van der Waals surface area contributed by atoms with Crippen LogP contribution in [0.5, 0.6) is 5.75 Å². The van der Waals surface area contributed by atoms with Crippen LogP contribution < -0.4 is 9.64 Å². The summed E-state index contributed by atoms with van der Waals surface area (Å²) in [7, 11) is 0. The van der Waals surface area contributed by atoms with Crippen LogP contribution in [0.25, 0.3) is 5.76 Å². The molecule has 1 aliphatic rings. The standard InChI is InChI=1S/C21H19N3O5S/c1-11(2)29-14-8-6-13(7-9-14)18(25)16-17(15-5-4-10-28-15)24(20(27)19(16)26)21-23-22-12(3)30-21/h4-11,17,25H,1-3H3/b18-16-. The summed E-state index contributed by atoms with van der Waals surface area (Å²) in [5, 5.41) is 19.8. The van der Waals surface area contributed by atoms with Crippen LogP contribution >= 0.6 is 11.3 Å². The zero-order chi connectivity index (χ0) is 21.4. The number of carbonyl (C=O) groups excluding carboxylic acids is 2. The molecular formula is C21H19N3O5S. The maximum absolute atomic E-state index is 12.9. The third-order valence-electron chi connectivity index (χ3n) is 4.48. The van der Waals surface area contributed by atoms with E-state index in [0.29, 0.717) is 22.1 Å². The first-order valence-corrected chi connectivity index (χ1v) is 10.1. The average molecular weight is 425 g/mol. The van der Waals surface area contributed by atoms with E-state index in [1.54, 1.807) is 43.3 Å². The number of carbonyl (C=O) groups is 2. The molecule has 1 aromatic carbocycles. The molecule has 0 spiro atoms. The molecule has 0 aliphatic carbocycles. The van der Waals surface area contributed by atoms with Gasteiger partial charge in [0.2, 0.25) is 5.13 Å². The predicted molar refractivity (Wildman–Crippen MR) is 110 cm³/mol. The normalized spacial score (nSPS) is 18.4. The summed E-state index contributed by atoms with van der Waals surface area (Å²) in [5.74, 6) is -0.940. The van der Waals surface area contributed by atoms with Crippen LogP contribution in [-0.4, -0.2) is 33.1 Å². The zero-order valence-electron chi connectivity index (χ0n) is 16.5. The fraction of sp³-hybridized carbons (Fsp3) is 0.238. The minimum Gasteiger partial charge on any atom is -0.507 e. The summed E-state index contributed by atoms with van der Waals surface area (Å²) in [4.78, 5) is 27.0. The number of benzene rings is 1. The molecule has 30 heavy (non-hydrogen) atoms. The second kappa shape index (κ2) is 7.75. The number of Topliss-reactive ketones (excluding diaryl/α,β-unsaturated/α-hetero) is 1. The molecular weight excluding hydrogens is 406 g/mol. The van der Waals surface area contributed by atoms with Gasteiger partial charge < -0.3 is 14.3 Å². The number of furan rings is 1. The third-order valence-corrected chi connectivity index (χ3v) is 5.32. The lowest BCUT2D eigenvalue weighted by Crippen LogP contribution is -2.29. The number of aryl methyl sites for hydroxylation is 1. The van der Waals surface area contributed by atoms with Gasteiger partial charge in [-0.1, -0.05) is 11.3 Å². The Morgan fingerprint density at radius 3 is 2.50 bits per heavy atom. The van der Waals surface area contributed by atoms with E-state index in [2.05, 4.69) is 10.2 Å². The molecule has 1 aliphatic heterocycles. The maximum atomic E-state index is 12.9. The predicted octanol–water partition coefficient (Wildman–Crippen LogP) is 3.85. The summed E-state index contributed by atoms with van der Waals surface area (Å²) < 4.78 is 11.1. The molecule has 8 nitrogen and oxygen atoms in total. The molecule has 1 fully saturated rings. The molecule has 9 heteroatoms. The van der Waals surface area contributed by atoms with Crippen molar-refractivity contribution in [2.45, 2.75) is 32.9 Å². The van der Waals surface area contributed by atoms with E-state index >= 15 is 0 Å². The molecule has 154 valence electrons. The number of aliphatic hydroxyl groups is 1. The summed E-state index contributed by atoms with van der Waals surface area (Å²) in [6.45, 7) is 5.57. The molecule has 1 unspecified atom stereocenters. The molecule has 3 heterocycles. The number of aromatic nitrogens is 2. The van der Waals surface area contributed by atoms with E-state index < -0.39 is 17.7 Å². The van der Waals surface area contributed by atoms with Crippen LogP contribution in [0.1, 0.15) is 36.2 Å². The topological polar surface area (TPSA) is 106 Å². The Balaban J connectivity index is 1.82. The number of ether oxygens (including phenoxy) is 1. The number of ketones is 1. The molecule has 1 N–H and O–H groups in total. The first-order valence-electron chi connectivity index (χ1n) is 9.28. The second-order valence-electron chi connectivity index (χ2n) is 6.98. The Labute approximate surface area is 176 Å². The van der Waals surface area contributed by atoms with Gasteiger partial charge >= 0.3 is 5.91 Å². The molecule has 0 radical (unpaired) electrons. The third kappa shape index (κ3) is 3.48. The first kappa shape index (κ1) is 19.8. The van der Waals surface area contributed by atoms with E-state index in [4.69, 9.17) is 9.15 Å². The molecule has 0 bridgehead atoms. The van der Waals surface area contributed by atoms with E-state index in [1.807, 2.05) is 13.8 Å². The fourth-order valence-electron chi connectivity index (χ4n) is 3.25. The van der Waals surface area contributed by atoms with Crippen LogP contribution in [-0.2, 0) is 9.59 Å². The van der Waals surface area contributed by atoms with Crippen molar-refractivity contribution in [3.05, 3.63) is 64.6 Å². The second-order valence-corrected chi connectivity index (χ2v) is 8.14. The fourth-order valence-corrected chi connectivity index (χ4v) is 3.96.